The van der Waals surface area contributed by atoms with Gasteiger partial charge in [0, 0.05) is 7.05 Å². The van der Waals surface area contributed by atoms with E-state index in [0.29, 0.717) is 11.2 Å². The number of imidazole rings is 1. The highest BCUT2D eigenvalue weighted by Crippen LogP contribution is 2.36. The molecule has 0 aromatic carbocycles. The van der Waals surface area contributed by atoms with E-state index in [1.54, 1.807) is 14.0 Å². The van der Waals surface area contributed by atoms with Gasteiger partial charge in [-0.1, -0.05) is 0 Å². The zero-order valence-corrected chi connectivity index (χ0v) is 11.6. The molecule has 2 aromatic rings. The summed E-state index contributed by atoms with van der Waals surface area (Å²) in [6, 6.07) is 0. The quantitative estimate of drug-likeness (QED) is 0.509. The van der Waals surface area contributed by atoms with E-state index in [0.717, 1.165) is 0 Å². The Kier molecular flexibility index (Phi) is 3.10. The molecular formula is C12H17N5O4. The molecule has 3 heterocycles. The standard InChI is InChI=1S/C12H17N5O4/c1-12(9(20)8(19)6(3-18)21-12)17-5-14-7-10(13)16(2)4-15-11(7)17/h4-6,8-9,13,18-20H,3H2,1-2H3/t6-,8-,9-,12-/m1/s1. The number of ether oxygens (including phenoxy) is 1. The van der Waals surface area contributed by atoms with Crippen molar-refractivity contribution >= 4 is 11.2 Å². The highest BCUT2D eigenvalue weighted by atomic mass is 16.6. The van der Waals surface area contributed by atoms with Crippen molar-refractivity contribution in [1.82, 2.24) is 19.1 Å². The summed E-state index contributed by atoms with van der Waals surface area (Å²) in [5.74, 6) is 0. The van der Waals surface area contributed by atoms with E-state index in [9.17, 15) is 15.3 Å². The van der Waals surface area contributed by atoms with Gasteiger partial charge in [0.25, 0.3) is 0 Å². The van der Waals surface area contributed by atoms with Crippen molar-refractivity contribution in [2.75, 3.05) is 6.61 Å². The minimum atomic E-state index is -1.32. The number of aryl methyl sites for hydroxylation is 1. The number of nitrogens with one attached hydrogen (secondary N) is 1. The van der Waals surface area contributed by atoms with Crippen molar-refractivity contribution in [3.05, 3.63) is 18.1 Å². The molecule has 1 saturated heterocycles. The summed E-state index contributed by atoms with van der Waals surface area (Å²) < 4.78 is 8.60. The Balaban J connectivity index is 2.17. The Hall–Kier alpha value is -1.81. The van der Waals surface area contributed by atoms with Crippen LogP contribution in [0.4, 0.5) is 0 Å². The molecule has 4 N–H and O–H groups in total. The minimum absolute atomic E-state index is 0.175. The maximum absolute atomic E-state index is 10.3. The van der Waals surface area contributed by atoms with Gasteiger partial charge < -0.3 is 24.6 Å². The molecule has 114 valence electrons. The zero-order valence-electron chi connectivity index (χ0n) is 11.6. The second-order valence-electron chi connectivity index (χ2n) is 5.32. The Morgan fingerprint density at radius 3 is 2.71 bits per heavy atom. The van der Waals surface area contributed by atoms with Crippen molar-refractivity contribution in [2.45, 2.75) is 31.0 Å². The van der Waals surface area contributed by atoms with Crippen LogP contribution in [0, 0.1) is 5.41 Å². The van der Waals surface area contributed by atoms with Crippen molar-refractivity contribution in [2.24, 2.45) is 7.05 Å². The Morgan fingerprint density at radius 1 is 1.38 bits per heavy atom. The third kappa shape index (κ3) is 1.82. The van der Waals surface area contributed by atoms with Crippen LogP contribution in [0.5, 0.6) is 0 Å². The van der Waals surface area contributed by atoms with Gasteiger partial charge in [0.15, 0.2) is 16.9 Å². The number of aliphatic hydroxyl groups excluding tert-OH is 3. The molecule has 3 rings (SSSR count). The van der Waals surface area contributed by atoms with E-state index >= 15 is 0 Å². The summed E-state index contributed by atoms with van der Waals surface area (Å²) in [5.41, 5.74) is -0.417. The monoisotopic (exact) mass is 295 g/mol. The second kappa shape index (κ2) is 4.60. The van der Waals surface area contributed by atoms with E-state index in [4.69, 9.17) is 10.1 Å². The van der Waals surface area contributed by atoms with Gasteiger partial charge in [-0.3, -0.25) is 9.98 Å². The van der Waals surface area contributed by atoms with Gasteiger partial charge in [-0.05, 0) is 6.92 Å². The molecule has 2 aromatic heterocycles. The topological polar surface area (TPSA) is 129 Å². The zero-order chi connectivity index (χ0) is 15.4. The van der Waals surface area contributed by atoms with Gasteiger partial charge >= 0.3 is 0 Å². The van der Waals surface area contributed by atoms with E-state index in [-0.39, 0.29) is 5.49 Å². The molecule has 0 radical (unpaired) electrons. The van der Waals surface area contributed by atoms with Gasteiger partial charge in [-0.2, -0.15) is 0 Å². The first-order valence-corrected chi connectivity index (χ1v) is 6.48. The molecule has 0 amide bonds. The van der Waals surface area contributed by atoms with Crippen LogP contribution >= 0.6 is 0 Å². The number of fused-ring (bicyclic) bond motifs is 1. The molecule has 0 aliphatic carbocycles. The number of rotatable bonds is 2. The maximum Gasteiger partial charge on any atom is 0.173 e. The first kappa shape index (κ1) is 14.1. The highest BCUT2D eigenvalue weighted by Gasteiger charge is 2.52. The van der Waals surface area contributed by atoms with Crippen LogP contribution in [0.1, 0.15) is 6.92 Å². The molecule has 21 heavy (non-hydrogen) atoms. The van der Waals surface area contributed by atoms with E-state index < -0.39 is 30.6 Å². The van der Waals surface area contributed by atoms with Crippen molar-refractivity contribution in [1.29, 1.82) is 5.41 Å². The molecule has 0 bridgehead atoms. The van der Waals surface area contributed by atoms with Crippen LogP contribution in [0.2, 0.25) is 0 Å². The fourth-order valence-electron chi connectivity index (χ4n) is 2.63. The van der Waals surface area contributed by atoms with Gasteiger partial charge in [0.2, 0.25) is 0 Å². The lowest BCUT2D eigenvalue weighted by Gasteiger charge is -2.29. The van der Waals surface area contributed by atoms with Crippen LogP contribution in [0.3, 0.4) is 0 Å². The predicted molar refractivity (Wildman–Crippen MR) is 70.0 cm³/mol. The number of hydrogen-bond donors (Lipinski definition) is 4. The van der Waals surface area contributed by atoms with Crippen LogP contribution < -0.4 is 5.49 Å². The molecule has 9 nitrogen and oxygen atoms in total. The molecule has 9 heteroatoms. The predicted octanol–water partition coefficient (Wildman–Crippen LogP) is -1.97. The minimum Gasteiger partial charge on any atom is -0.394 e. The van der Waals surface area contributed by atoms with E-state index in [1.165, 1.54) is 21.8 Å². The first-order valence-electron chi connectivity index (χ1n) is 6.48. The number of hydrogen-bond acceptors (Lipinski definition) is 7. The lowest BCUT2D eigenvalue weighted by atomic mass is 10.0. The molecular weight excluding hydrogens is 278 g/mol. The third-order valence-corrected chi connectivity index (χ3v) is 3.97. The fraction of sp³-hybridized carbons (Fsp3) is 0.583. The number of aliphatic hydroxyl groups is 3. The van der Waals surface area contributed by atoms with E-state index in [1.807, 2.05) is 0 Å². The smallest absolute Gasteiger partial charge is 0.173 e. The summed E-state index contributed by atoms with van der Waals surface area (Å²) in [4.78, 5) is 8.35. The summed E-state index contributed by atoms with van der Waals surface area (Å²) in [5, 5.41) is 37.4. The van der Waals surface area contributed by atoms with Gasteiger partial charge in [0.1, 0.15) is 23.8 Å². The summed E-state index contributed by atoms with van der Waals surface area (Å²) in [6.07, 6.45) is -0.485. The molecule has 0 unspecified atom stereocenters. The van der Waals surface area contributed by atoms with Crippen LogP contribution in [-0.4, -0.2) is 59.3 Å². The summed E-state index contributed by atoms with van der Waals surface area (Å²) in [7, 11) is 1.68. The molecule has 1 aliphatic heterocycles. The average molecular weight is 295 g/mol. The Bertz CT molecular complexity index is 741. The van der Waals surface area contributed by atoms with Crippen LogP contribution in [0.15, 0.2) is 12.7 Å². The first-order chi connectivity index (χ1) is 9.90. The summed E-state index contributed by atoms with van der Waals surface area (Å²) in [6.45, 7) is 1.17. The Morgan fingerprint density at radius 2 is 2.10 bits per heavy atom. The lowest BCUT2D eigenvalue weighted by Crippen LogP contribution is -2.43. The summed E-state index contributed by atoms with van der Waals surface area (Å²) >= 11 is 0. The van der Waals surface area contributed by atoms with Crippen molar-refractivity contribution in [3.8, 4) is 0 Å². The largest absolute Gasteiger partial charge is 0.394 e. The van der Waals surface area contributed by atoms with Gasteiger partial charge in [-0.15, -0.1) is 0 Å². The second-order valence-corrected chi connectivity index (χ2v) is 5.32. The van der Waals surface area contributed by atoms with E-state index in [2.05, 4.69) is 9.97 Å². The molecule has 1 aliphatic rings. The third-order valence-electron chi connectivity index (χ3n) is 3.97. The SMILES string of the molecule is Cn1cnc2c(ncn2[C@]2(C)O[C@H](CO)[C@@H](O)[C@H]2O)c1=N. The molecule has 4 atom stereocenters. The number of aromatic nitrogens is 4. The maximum atomic E-state index is 10.3. The lowest BCUT2D eigenvalue weighted by molar-refractivity contribution is -0.132. The molecule has 1 fully saturated rings. The molecule has 0 saturated carbocycles. The van der Waals surface area contributed by atoms with Crippen LogP contribution in [0.25, 0.3) is 11.2 Å². The Labute approximate surface area is 119 Å². The average Bonchev–Trinajstić information content (AvgIpc) is 2.99. The van der Waals surface area contributed by atoms with Crippen LogP contribution in [-0.2, 0) is 17.5 Å². The van der Waals surface area contributed by atoms with Gasteiger partial charge in [0.05, 0.1) is 19.3 Å². The van der Waals surface area contributed by atoms with Crippen molar-refractivity contribution < 1.29 is 20.1 Å². The fourth-order valence-corrected chi connectivity index (χ4v) is 2.63. The normalized spacial score (nSPS) is 32.9. The van der Waals surface area contributed by atoms with Crippen molar-refractivity contribution in [3.63, 3.8) is 0 Å². The van der Waals surface area contributed by atoms with Gasteiger partial charge in [-0.25, -0.2) is 9.97 Å². The highest BCUT2D eigenvalue weighted by molar-refractivity contribution is 5.68. The molecule has 0 spiro atoms. The number of nitrogens with zero attached hydrogens (tertiary/aromatic N) is 4.